The van der Waals surface area contributed by atoms with Crippen molar-refractivity contribution in [2.24, 2.45) is 0 Å². The highest BCUT2D eigenvalue weighted by molar-refractivity contribution is 7.89. The number of benzene rings is 2. The first kappa shape index (κ1) is 27.5. The van der Waals surface area contributed by atoms with Crippen LogP contribution < -0.4 is 15.4 Å². The molecule has 1 aliphatic rings. The van der Waals surface area contributed by atoms with E-state index in [0.717, 1.165) is 28.1 Å². The molecule has 2 aromatic rings. The smallest absolute Gasteiger partial charge is 0.416 e. The summed E-state index contributed by atoms with van der Waals surface area (Å²) in [7, 11) is -2.58. The molecule has 1 atom stereocenters. The van der Waals surface area contributed by atoms with Crippen LogP contribution in [0.5, 0.6) is 5.75 Å². The van der Waals surface area contributed by atoms with Gasteiger partial charge in [-0.3, -0.25) is 9.59 Å². The summed E-state index contributed by atoms with van der Waals surface area (Å²) in [5, 5.41) is 5.50. The zero-order valence-electron chi connectivity index (χ0n) is 19.8. The van der Waals surface area contributed by atoms with Crippen LogP contribution in [0.3, 0.4) is 0 Å². The first-order chi connectivity index (χ1) is 16.9. The van der Waals surface area contributed by atoms with E-state index in [0.29, 0.717) is 11.8 Å². The summed E-state index contributed by atoms with van der Waals surface area (Å²) in [4.78, 5) is 24.2. The SMILES string of the molecule is COc1ccc(C[C@H](NC(C)=O)C(=O)NC2CCN(S(=O)(=O)c3cccc(C(F)(F)F)c3)CC2)cc1. The summed E-state index contributed by atoms with van der Waals surface area (Å²) in [5.41, 5.74) is -0.224. The number of ether oxygens (including phenoxy) is 1. The Morgan fingerprint density at radius 3 is 2.31 bits per heavy atom. The number of halogens is 3. The van der Waals surface area contributed by atoms with E-state index in [4.69, 9.17) is 4.74 Å². The van der Waals surface area contributed by atoms with Gasteiger partial charge in [0.15, 0.2) is 0 Å². The van der Waals surface area contributed by atoms with E-state index in [1.54, 1.807) is 31.4 Å². The largest absolute Gasteiger partial charge is 0.497 e. The Morgan fingerprint density at radius 2 is 1.75 bits per heavy atom. The van der Waals surface area contributed by atoms with Crippen molar-refractivity contribution >= 4 is 21.8 Å². The molecule has 0 unspecified atom stereocenters. The second-order valence-electron chi connectivity index (χ2n) is 8.52. The zero-order valence-corrected chi connectivity index (χ0v) is 20.7. The molecule has 3 rings (SSSR count). The predicted octanol–water partition coefficient (Wildman–Crippen LogP) is 2.73. The quantitative estimate of drug-likeness (QED) is 0.550. The number of hydrogen-bond acceptors (Lipinski definition) is 5. The molecule has 36 heavy (non-hydrogen) atoms. The van der Waals surface area contributed by atoms with Gasteiger partial charge in [0.25, 0.3) is 0 Å². The van der Waals surface area contributed by atoms with Crippen molar-refractivity contribution < 1.29 is 35.9 Å². The van der Waals surface area contributed by atoms with Crippen molar-refractivity contribution in [3.05, 3.63) is 59.7 Å². The van der Waals surface area contributed by atoms with Gasteiger partial charge in [-0.05, 0) is 48.7 Å². The van der Waals surface area contributed by atoms with Crippen molar-refractivity contribution in [1.29, 1.82) is 0 Å². The molecule has 2 amide bonds. The second-order valence-corrected chi connectivity index (χ2v) is 10.5. The number of sulfonamides is 1. The Hall–Kier alpha value is -3.12. The molecule has 1 heterocycles. The third-order valence-corrected chi connectivity index (χ3v) is 7.79. The molecule has 2 aromatic carbocycles. The van der Waals surface area contributed by atoms with E-state index < -0.39 is 38.6 Å². The van der Waals surface area contributed by atoms with Crippen molar-refractivity contribution in [1.82, 2.24) is 14.9 Å². The van der Waals surface area contributed by atoms with E-state index in [2.05, 4.69) is 10.6 Å². The fraction of sp³-hybridized carbons (Fsp3) is 0.417. The molecular weight excluding hydrogens is 499 g/mol. The fourth-order valence-corrected chi connectivity index (χ4v) is 5.49. The summed E-state index contributed by atoms with van der Waals surface area (Å²) in [6.07, 6.45) is -3.85. The number of methoxy groups -OCH3 is 1. The molecule has 1 fully saturated rings. The molecule has 1 saturated heterocycles. The number of alkyl halides is 3. The van der Waals surface area contributed by atoms with Gasteiger partial charge in [0.2, 0.25) is 21.8 Å². The molecule has 196 valence electrons. The molecule has 0 spiro atoms. The number of hydrogen-bond donors (Lipinski definition) is 2. The standard InChI is InChI=1S/C24H28F3N3O5S/c1-16(31)28-22(14-17-6-8-20(35-2)9-7-17)23(32)29-19-10-12-30(13-11-19)36(33,34)21-5-3-4-18(15-21)24(25,26)27/h3-9,15,19,22H,10-14H2,1-2H3,(H,28,31)(H,29,32)/t22-/m0/s1. The van der Waals surface area contributed by atoms with Crippen LogP contribution in [0.4, 0.5) is 13.2 Å². The van der Waals surface area contributed by atoms with Crippen LogP contribution >= 0.6 is 0 Å². The maximum atomic E-state index is 13.0. The summed E-state index contributed by atoms with van der Waals surface area (Å²) in [5.74, 6) is -0.114. The van der Waals surface area contributed by atoms with Crippen LogP contribution in [0.15, 0.2) is 53.4 Å². The average molecular weight is 528 g/mol. The van der Waals surface area contributed by atoms with E-state index in [9.17, 15) is 31.2 Å². The molecule has 0 bridgehead atoms. The number of carbonyl (C=O) groups is 2. The highest BCUT2D eigenvalue weighted by Crippen LogP contribution is 2.31. The van der Waals surface area contributed by atoms with Gasteiger partial charge in [-0.1, -0.05) is 18.2 Å². The molecule has 0 aliphatic carbocycles. The van der Waals surface area contributed by atoms with Crippen LogP contribution in [-0.2, 0) is 32.2 Å². The number of amides is 2. The average Bonchev–Trinajstić information content (AvgIpc) is 2.83. The van der Waals surface area contributed by atoms with Crippen LogP contribution in [0, 0.1) is 0 Å². The Bertz CT molecular complexity index is 1180. The van der Waals surface area contributed by atoms with Gasteiger partial charge in [-0.2, -0.15) is 17.5 Å². The van der Waals surface area contributed by atoms with E-state index in [1.807, 2.05) is 0 Å². The summed E-state index contributed by atoms with van der Waals surface area (Å²) in [6.45, 7) is 1.38. The maximum absolute atomic E-state index is 13.0. The van der Waals surface area contributed by atoms with Crippen LogP contribution in [0.1, 0.15) is 30.9 Å². The lowest BCUT2D eigenvalue weighted by Crippen LogP contribution is -2.53. The van der Waals surface area contributed by atoms with E-state index in [1.165, 1.54) is 6.92 Å². The Kier molecular flexibility index (Phi) is 8.62. The summed E-state index contributed by atoms with van der Waals surface area (Å²) < 4.78 is 71.0. The predicted molar refractivity (Wildman–Crippen MR) is 126 cm³/mol. The van der Waals surface area contributed by atoms with E-state index in [-0.39, 0.29) is 44.3 Å². The number of rotatable bonds is 8. The first-order valence-electron chi connectivity index (χ1n) is 11.3. The third-order valence-electron chi connectivity index (χ3n) is 5.89. The normalized spacial score (nSPS) is 16.2. The number of carbonyl (C=O) groups excluding carboxylic acids is 2. The third kappa shape index (κ3) is 6.97. The molecule has 1 aliphatic heterocycles. The fourth-order valence-electron chi connectivity index (χ4n) is 3.98. The van der Waals surface area contributed by atoms with Crippen LogP contribution in [0.25, 0.3) is 0 Å². The van der Waals surface area contributed by atoms with Gasteiger partial charge in [-0.15, -0.1) is 0 Å². The Morgan fingerprint density at radius 1 is 1.11 bits per heavy atom. The molecule has 0 radical (unpaired) electrons. The Balaban J connectivity index is 1.62. The van der Waals surface area contributed by atoms with Crippen molar-refractivity contribution in [2.75, 3.05) is 20.2 Å². The first-order valence-corrected chi connectivity index (χ1v) is 12.7. The summed E-state index contributed by atoms with van der Waals surface area (Å²) >= 11 is 0. The molecule has 2 N–H and O–H groups in total. The monoisotopic (exact) mass is 527 g/mol. The number of nitrogens with zero attached hydrogens (tertiary/aromatic N) is 1. The molecule has 0 saturated carbocycles. The van der Waals surface area contributed by atoms with Gasteiger partial charge in [0.1, 0.15) is 11.8 Å². The molecule has 8 nitrogen and oxygen atoms in total. The molecular formula is C24H28F3N3O5S. The van der Waals surface area contributed by atoms with Gasteiger partial charge in [-0.25, -0.2) is 8.42 Å². The Labute approximate surface area is 207 Å². The molecule has 12 heteroatoms. The maximum Gasteiger partial charge on any atom is 0.416 e. The van der Waals surface area contributed by atoms with Crippen molar-refractivity contribution in [2.45, 2.75) is 49.3 Å². The van der Waals surface area contributed by atoms with E-state index >= 15 is 0 Å². The lowest BCUT2D eigenvalue weighted by molar-refractivity contribution is -0.137. The van der Waals surface area contributed by atoms with Crippen molar-refractivity contribution in [3.8, 4) is 5.75 Å². The zero-order chi connectivity index (χ0) is 26.5. The van der Waals surface area contributed by atoms with Crippen molar-refractivity contribution in [3.63, 3.8) is 0 Å². The van der Waals surface area contributed by atoms with Gasteiger partial charge in [0, 0.05) is 32.5 Å². The lowest BCUT2D eigenvalue weighted by atomic mass is 10.0. The second kappa shape index (κ2) is 11.3. The summed E-state index contributed by atoms with van der Waals surface area (Å²) in [6, 6.07) is 9.54. The lowest BCUT2D eigenvalue weighted by Gasteiger charge is -2.32. The molecule has 0 aromatic heterocycles. The minimum Gasteiger partial charge on any atom is -0.497 e. The van der Waals surface area contributed by atoms with Crippen LogP contribution in [0.2, 0.25) is 0 Å². The van der Waals surface area contributed by atoms with Gasteiger partial charge < -0.3 is 15.4 Å². The van der Waals surface area contributed by atoms with Gasteiger partial charge in [0.05, 0.1) is 17.6 Å². The van der Waals surface area contributed by atoms with Crippen LogP contribution in [-0.4, -0.2) is 56.8 Å². The van der Waals surface area contributed by atoms with Gasteiger partial charge >= 0.3 is 6.18 Å². The highest BCUT2D eigenvalue weighted by atomic mass is 32.2. The number of piperidine rings is 1. The number of nitrogens with one attached hydrogen (secondary N) is 2. The highest BCUT2D eigenvalue weighted by Gasteiger charge is 2.35. The minimum absolute atomic E-state index is 0.0345. The topological polar surface area (TPSA) is 105 Å². The minimum atomic E-state index is -4.65.